The van der Waals surface area contributed by atoms with Crippen LogP contribution in [0.15, 0.2) is 18.2 Å². The summed E-state index contributed by atoms with van der Waals surface area (Å²) < 4.78 is 0. The number of benzene rings is 1. The van der Waals surface area contributed by atoms with Gasteiger partial charge in [0.1, 0.15) is 0 Å². The molecule has 1 aliphatic rings. The topological polar surface area (TPSA) is 12.0 Å². The van der Waals surface area contributed by atoms with E-state index < -0.39 is 0 Å². The SMILES string of the molecule is Cc1cc(C)cc(CNCC2(CC(C)C)CCCC2)c1. The third-order valence-electron chi connectivity index (χ3n) is 4.62. The van der Waals surface area contributed by atoms with Crippen molar-refractivity contribution in [2.75, 3.05) is 6.54 Å². The molecule has 1 nitrogen and oxygen atoms in total. The molecule has 0 atom stereocenters. The van der Waals surface area contributed by atoms with Crippen LogP contribution >= 0.6 is 0 Å². The van der Waals surface area contributed by atoms with E-state index in [-0.39, 0.29) is 0 Å². The molecule has 0 aliphatic heterocycles. The molecule has 0 unspecified atom stereocenters. The fourth-order valence-corrected chi connectivity index (χ4v) is 4.09. The first-order valence-electron chi connectivity index (χ1n) is 8.27. The van der Waals surface area contributed by atoms with Gasteiger partial charge in [-0.1, -0.05) is 56.0 Å². The summed E-state index contributed by atoms with van der Waals surface area (Å²) >= 11 is 0. The highest BCUT2D eigenvalue weighted by molar-refractivity contribution is 5.28. The van der Waals surface area contributed by atoms with E-state index in [1.807, 2.05) is 0 Å². The Bertz CT molecular complexity index is 407. The molecule has 1 aromatic rings. The maximum absolute atomic E-state index is 3.74. The molecule has 0 aromatic heterocycles. The smallest absolute Gasteiger partial charge is 0.0205 e. The number of nitrogens with one attached hydrogen (secondary N) is 1. The molecule has 1 fully saturated rings. The highest BCUT2D eigenvalue weighted by atomic mass is 14.9. The van der Waals surface area contributed by atoms with Gasteiger partial charge in [0.2, 0.25) is 0 Å². The van der Waals surface area contributed by atoms with E-state index in [2.05, 4.69) is 51.2 Å². The average Bonchev–Trinajstić information content (AvgIpc) is 2.75. The van der Waals surface area contributed by atoms with Crippen LogP contribution in [0.4, 0.5) is 0 Å². The Morgan fingerprint density at radius 2 is 1.65 bits per heavy atom. The Kier molecular flexibility index (Phi) is 5.26. The van der Waals surface area contributed by atoms with Crippen LogP contribution in [0.5, 0.6) is 0 Å². The van der Waals surface area contributed by atoms with Crippen molar-refractivity contribution in [3.8, 4) is 0 Å². The van der Waals surface area contributed by atoms with Crippen molar-refractivity contribution in [3.63, 3.8) is 0 Å². The van der Waals surface area contributed by atoms with Crippen LogP contribution in [0.1, 0.15) is 62.6 Å². The summed E-state index contributed by atoms with van der Waals surface area (Å²) in [5.74, 6) is 0.816. The summed E-state index contributed by atoms with van der Waals surface area (Å²) in [6.45, 7) is 11.3. The zero-order valence-electron chi connectivity index (χ0n) is 13.8. The summed E-state index contributed by atoms with van der Waals surface area (Å²) in [5, 5.41) is 3.74. The number of aryl methyl sites for hydroxylation is 2. The number of hydrogen-bond donors (Lipinski definition) is 1. The van der Waals surface area contributed by atoms with Gasteiger partial charge in [0.25, 0.3) is 0 Å². The third kappa shape index (κ3) is 4.34. The van der Waals surface area contributed by atoms with Gasteiger partial charge in [-0.15, -0.1) is 0 Å². The van der Waals surface area contributed by atoms with E-state index in [1.54, 1.807) is 0 Å². The van der Waals surface area contributed by atoms with Crippen LogP contribution in [0.2, 0.25) is 0 Å². The molecule has 1 aliphatic carbocycles. The second kappa shape index (κ2) is 6.76. The molecule has 0 heterocycles. The molecule has 0 amide bonds. The van der Waals surface area contributed by atoms with Crippen LogP contribution in [0, 0.1) is 25.2 Å². The second-order valence-electron chi connectivity index (χ2n) is 7.40. The molecule has 2 rings (SSSR count). The Morgan fingerprint density at radius 3 is 2.20 bits per heavy atom. The molecule has 112 valence electrons. The largest absolute Gasteiger partial charge is 0.312 e. The Labute approximate surface area is 125 Å². The minimum absolute atomic E-state index is 0.576. The van der Waals surface area contributed by atoms with E-state index in [1.165, 1.54) is 55.3 Å². The molecule has 1 N–H and O–H groups in total. The fraction of sp³-hybridized carbons (Fsp3) is 0.684. The van der Waals surface area contributed by atoms with Crippen LogP contribution in [0.25, 0.3) is 0 Å². The summed E-state index contributed by atoms with van der Waals surface area (Å²) in [6, 6.07) is 6.87. The van der Waals surface area contributed by atoms with Gasteiger partial charge in [-0.05, 0) is 50.0 Å². The molecule has 1 saturated carbocycles. The average molecular weight is 273 g/mol. The first-order valence-corrected chi connectivity index (χ1v) is 8.27. The molecule has 20 heavy (non-hydrogen) atoms. The monoisotopic (exact) mass is 273 g/mol. The zero-order valence-corrected chi connectivity index (χ0v) is 13.8. The van der Waals surface area contributed by atoms with Gasteiger partial charge in [0, 0.05) is 13.1 Å². The number of rotatable bonds is 6. The van der Waals surface area contributed by atoms with Crippen molar-refractivity contribution in [2.24, 2.45) is 11.3 Å². The lowest BCUT2D eigenvalue weighted by Crippen LogP contribution is -2.33. The van der Waals surface area contributed by atoms with E-state index in [0.717, 1.165) is 12.5 Å². The summed E-state index contributed by atoms with van der Waals surface area (Å²) in [6.07, 6.45) is 7.08. The maximum Gasteiger partial charge on any atom is 0.0205 e. The predicted molar refractivity (Wildman–Crippen MR) is 88.0 cm³/mol. The first kappa shape index (κ1) is 15.6. The van der Waals surface area contributed by atoms with Crippen molar-refractivity contribution in [3.05, 3.63) is 34.9 Å². The highest BCUT2D eigenvalue weighted by Crippen LogP contribution is 2.42. The Hall–Kier alpha value is -0.820. The molecule has 0 radical (unpaired) electrons. The van der Waals surface area contributed by atoms with Crippen molar-refractivity contribution in [1.82, 2.24) is 5.32 Å². The first-order chi connectivity index (χ1) is 9.49. The molecule has 0 bridgehead atoms. The van der Waals surface area contributed by atoms with Gasteiger partial charge < -0.3 is 5.32 Å². The zero-order chi connectivity index (χ0) is 14.6. The molecule has 1 heteroatoms. The van der Waals surface area contributed by atoms with Crippen molar-refractivity contribution >= 4 is 0 Å². The molecular weight excluding hydrogens is 242 g/mol. The third-order valence-corrected chi connectivity index (χ3v) is 4.62. The standard InChI is InChI=1S/C19H31N/c1-15(2)12-19(7-5-6-8-19)14-20-13-18-10-16(3)9-17(4)11-18/h9-11,15,20H,5-8,12-14H2,1-4H3. The van der Waals surface area contributed by atoms with Crippen molar-refractivity contribution in [2.45, 2.75) is 66.3 Å². The lowest BCUT2D eigenvalue weighted by atomic mass is 9.78. The van der Waals surface area contributed by atoms with Gasteiger partial charge in [0.15, 0.2) is 0 Å². The lowest BCUT2D eigenvalue weighted by molar-refractivity contribution is 0.223. The summed E-state index contributed by atoms with van der Waals surface area (Å²) in [5.41, 5.74) is 4.76. The van der Waals surface area contributed by atoms with E-state index in [4.69, 9.17) is 0 Å². The van der Waals surface area contributed by atoms with Gasteiger partial charge >= 0.3 is 0 Å². The molecule has 0 saturated heterocycles. The summed E-state index contributed by atoms with van der Waals surface area (Å²) in [4.78, 5) is 0. The molecule has 1 aromatic carbocycles. The minimum atomic E-state index is 0.576. The van der Waals surface area contributed by atoms with Crippen LogP contribution in [-0.4, -0.2) is 6.54 Å². The molecular formula is C19H31N. The molecule has 0 spiro atoms. The quantitative estimate of drug-likeness (QED) is 0.769. The van der Waals surface area contributed by atoms with Crippen molar-refractivity contribution < 1.29 is 0 Å². The summed E-state index contributed by atoms with van der Waals surface area (Å²) in [7, 11) is 0. The highest BCUT2D eigenvalue weighted by Gasteiger charge is 2.33. The second-order valence-corrected chi connectivity index (χ2v) is 7.40. The lowest BCUT2D eigenvalue weighted by Gasteiger charge is -2.31. The van der Waals surface area contributed by atoms with Gasteiger partial charge in [-0.25, -0.2) is 0 Å². The Morgan fingerprint density at radius 1 is 1.05 bits per heavy atom. The maximum atomic E-state index is 3.74. The van der Waals surface area contributed by atoms with Gasteiger partial charge in [-0.2, -0.15) is 0 Å². The van der Waals surface area contributed by atoms with E-state index in [9.17, 15) is 0 Å². The minimum Gasteiger partial charge on any atom is -0.312 e. The predicted octanol–water partition coefficient (Wildman–Crippen LogP) is 5.00. The Balaban J connectivity index is 1.90. The van der Waals surface area contributed by atoms with Crippen LogP contribution in [0.3, 0.4) is 0 Å². The van der Waals surface area contributed by atoms with Gasteiger partial charge in [0.05, 0.1) is 0 Å². The van der Waals surface area contributed by atoms with Crippen LogP contribution in [-0.2, 0) is 6.54 Å². The fourth-order valence-electron chi connectivity index (χ4n) is 4.09. The van der Waals surface area contributed by atoms with Crippen molar-refractivity contribution in [1.29, 1.82) is 0 Å². The van der Waals surface area contributed by atoms with E-state index >= 15 is 0 Å². The number of hydrogen-bond acceptors (Lipinski definition) is 1. The van der Waals surface area contributed by atoms with Gasteiger partial charge in [-0.3, -0.25) is 0 Å². The normalized spacial score (nSPS) is 17.9. The van der Waals surface area contributed by atoms with E-state index in [0.29, 0.717) is 5.41 Å². The van der Waals surface area contributed by atoms with Crippen LogP contribution < -0.4 is 5.32 Å².